The number of halogens is 3. The van der Waals surface area contributed by atoms with Crippen LogP contribution in [0.3, 0.4) is 0 Å². The van der Waals surface area contributed by atoms with E-state index in [-0.39, 0.29) is 5.56 Å². The maximum atomic E-state index is 12.8. The summed E-state index contributed by atoms with van der Waals surface area (Å²) in [6, 6.07) is 5.74. The number of rotatable bonds is 4. The lowest BCUT2D eigenvalue weighted by atomic mass is 10.0. The molecule has 1 aromatic carbocycles. The van der Waals surface area contributed by atoms with Crippen molar-refractivity contribution >= 4 is 5.69 Å². The fourth-order valence-corrected chi connectivity index (χ4v) is 2.31. The SMILES string of the molecule is CCCN(c1ccc(C(F)(F)F)c(C#N)c1)C1CNC1. The Kier molecular flexibility index (Phi) is 4.19. The van der Waals surface area contributed by atoms with Crippen molar-refractivity contribution in [3.8, 4) is 6.07 Å². The van der Waals surface area contributed by atoms with Crippen LogP contribution in [0.1, 0.15) is 24.5 Å². The number of hydrogen-bond acceptors (Lipinski definition) is 3. The molecule has 0 radical (unpaired) electrons. The number of nitrogens with zero attached hydrogens (tertiary/aromatic N) is 2. The van der Waals surface area contributed by atoms with Crippen molar-refractivity contribution in [1.82, 2.24) is 5.32 Å². The van der Waals surface area contributed by atoms with Crippen LogP contribution in [0.2, 0.25) is 0 Å². The van der Waals surface area contributed by atoms with Gasteiger partial charge < -0.3 is 10.2 Å². The Labute approximate surface area is 116 Å². The minimum absolute atomic E-state index is 0.290. The van der Waals surface area contributed by atoms with Crippen LogP contribution < -0.4 is 10.2 Å². The van der Waals surface area contributed by atoms with Crippen LogP contribution in [0.25, 0.3) is 0 Å². The van der Waals surface area contributed by atoms with Crippen LogP contribution in [0.4, 0.5) is 18.9 Å². The molecule has 1 aliphatic heterocycles. The van der Waals surface area contributed by atoms with E-state index in [9.17, 15) is 13.2 Å². The van der Waals surface area contributed by atoms with Crippen molar-refractivity contribution in [2.45, 2.75) is 25.6 Å². The average molecular weight is 283 g/mol. The lowest BCUT2D eigenvalue weighted by molar-refractivity contribution is -0.137. The standard InChI is InChI=1S/C14H16F3N3/c1-2-5-20(12-8-19-9-12)11-3-4-13(14(15,16)17)10(6-11)7-18/h3-4,6,12,19H,2,5,8-9H2,1H3. The molecule has 1 aromatic rings. The van der Waals surface area contributed by atoms with Crippen LogP contribution in [-0.4, -0.2) is 25.7 Å². The van der Waals surface area contributed by atoms with Crippen molar-refractivity contribution in [3.05, 3.63) is 29.3 Å². The van der Waals surface area contributed by atoms with E-state index in [1.165, 1.54) is 12.1 Å². The van der Waals surface area contributed by atoms with E-state index in [2.05, 4.69) is 10.2 Å². The van der Waals surface area contributed by atoms with Crippen molar-refractivity contribution in [3.63, 3.8) is 0 Å². The fraction of sp³-hybridized carbons (Fsp3) is 0.500. The van der Waals surface area contributed by atoms with Crippen LogP contribution in [0, 0.1) is 11.3 Å². The molecule has 3 nitrogen and oxygen atoms in total. The van der Waals surface area contributed by atoms with Gasteiger partial charge in [0, 0.05) is 25.3 Å². The van der Waals surface area contributed by atoms with Gasteiger partial charge in [0.15, 0.2) is 0 Å². The zero-order valence-corrected chi connectivity index (χ0v) is 11.2. The lowest BCUT2D eigenvalue weighted by Gasteiger charge is -2.40. The molecule has 20 heavy (non-hydrogen) atoms. The van der Waals surface area contributed by atoms with Gasteiger partial charge in [-0.15, -0.1) is 0 Å². The number of nitriles is 1. The Hall–Kier alpha value is -1.74. The van der Waals surface area contributed by atoms with Gasteiger partial charge in [0.25, 0.3) is 0 Å². The van der Waals surface area contributed by atoms with Gasteiger partial charge in [0.2, 0.25) is 0 Å². The zero-order chi connectivity index (χ0) is 14.8. The first-order chi connectivity index (χ1) is 9.47. The van der Waals surface area contributed by atoms with Crippen LogP contribution in [-0.2, 0) is 6.18 Å². The Balaban J connectivity index is 2.34. The smallest absolute Gasteiger partial charge is 0.366 e. The maximum absolute atomic E-state index is 12.8. The average Bonchev–Trinajstić information content (AvgIpc) is 2.34. The summed E-state index contributed by atoms with van der Waals surface area (Å²) in [7, 11) is 0. The third-order valence-electron chi connectivity index (χ3n) is 3.43. The van der Waals surface area contributed by atoms with E-state index in [1.807, 2.05) is 6.92 Å². The Morgan fingerprint density at radius 3 is 2.55 bits per heavy atom. The normalized spacial score (nSPS) is 15.6. The molecule has 0 spiro atoms. The molecule has 1 N–H and O–H groups in total. The van der Waals surface area contributed by atoms with Gasteiger partial charge in [-0.2, -0.15) is 18.4 Å². The third kappa shape index (κ3) is 2.88. The molecule has 0 atom stereocenters. The minimum atomic E-state index is -4.49. The van der Waals surface area contributed by atoms with E-state index in [1.54, 1.807) is 6.07 Å². The summed E-state index contributed by atoms with van der Waals surface area (Å²) in [6.45, 7) is 4.43. The highest BCUT2D eigenvalue weighted by atomic mass is 19.4. The lowest BCUT2D eigenvalue weighted by Crippen LogP contribution is -2.57. The first-order valence-corrected chi connectivity index (χ1v) is 6.56. The molecule has 0 unspecified atom stereocenters. The highest BCUT2D eigenvalue weighted by Gasteiger charge is 2.34. The third-order valence-corrected chi connectivity index (χ3v) is 3.43. The van der Waals surface area contributed by atoms with E-state index >= 15 is 0 Å². The Bertz CT molecular complexity index is 515. The summed E-state index contributed by atoms with van der Waals surface area (Å²) in [5.74, 6) is 0. The quantitative estimate of drug-likeness (QED) is 0.923. The highest BCUT2D eigenvalue weighted by molar-refractivity contribution is 5.56. The van der Waals surface area contributed by atoms with E-state index < -0.39 is 11.7 Å². The van der Waals surface area contributed by atoms with Gasteiger partial charge in [0.1, 0.15) is 0 Å². The molecule has 1 aliphatic rings. The first kappa shape index (κ1) is 14.7. The molecule has 108 valence electrons. The van der Waals surface area contributed by atoms with Crippen molar-refractivity contribution in [1.29, 1.82) is 5.26 Å². The fourth-order valence-electron chi connectivity index (χ4n) is 2.31. The highest BCUT2D eigenvalue weighted by Crippen LogP contribution is 2.34. The van der Waals surface area contributed by atoms with Gasteiger partial charge in [-0.25, -0.2) is 0 Å². The molecule has 2 rings (SSSR count). The second-order valence-corrected chi connectivity index (χ2v) is 4.84. The number of anilines is 1. The number of nitrogens with one attached hydrogen (secondary N) is 1. The van der Waals surface area contributed by atoms with E-state index in [0.29, 0.717) is 11.7 Å². The molecule has 1 saturated heterocycles. The van der Waals surface area contributed by atoms with Crippen molar-refractivity contribution < 1.29 is 13.2 Å². The molecule has 1 heterocycles. The largest absolute Gasteiger partial charge is 0.417 e. The Morgan fingerprint density at radius 1 is 1.40 bits per heavy atom. The number of benzene rings is 1. The second-order valence-electron chi connectivity index (χ2n) is 4.84. The van der Waals surface area contributed by atoms with Crippen LogP contribution in [0.15, 0.2) is 18.2 Å². The molecule has 0 aromatic heterocycles. The molecule has 1 fully saturated rings. The first-order valence-electron chi connectivity index (χ1n) is 6.56. The van der Waals surface area contributed by atoms with E-state index in [0.717, 1.165) is 32.1 Å². The molecular weight excluding hydrogens is 267 g/mol. The molecule has 0 saturated carbocycles. The van der Waals surface area contributed by atoms with Crippen LogP contribution in [0.5, 0.6) is 0 Å². The Morgan fingerprint density at radius 2 is 2.10 bits per heavy atom. The minimum Gasteiger partial charge on any atom is -0.366 e. The second kappa shape index (κ2) is 5.71. The molecule has 6 heteroatoms. The molecule has 0 amide bonds. The number of alkyl halides is 3. The van der Waals surface area contributed by atoms with Crippen molar-refractivity contribution in [2.75, 3.05) is 24.5 Å². The van der Waals surface area contributed by atoms with Gasteiger partial charge in [0.05, 0.1) is 23.2 Å². The predicted octanol–water partition coefficient (Wildman–Crippen LogP) is 2.77. The van der Waals surface area contributed by atoms with Gasteiger partial charge in [-0.05, 0) is 24.6 Å². The monoisotopic (exact) mass is 283 g/mol. The molecule has 0 aliphatic carbocycles. The van der Waals surface area contributed by atoms with Gasteiger partial charge >= 0.3 is 6.18 Å². The van der Waals surface area contributed by atoms with Crippen LogP contribution >= 0.6 is 0 Å². The summed E-state index contributed by atoms with van der Waals surface area (Å²) in [5.41, 5.74) is -0.502. The maximum Gasteiger partial charge on any atom is 0.417 e. The summed E-state index contributed by atoms with van der Waals surface area (Å²) in [5, 5.41) is 12.1. The summed E-state index contributed by atoms with van der Waals surface area (Å²) < 4.78 is 38.3. The molecule has 0 bridgehead atoms. The van der Waals surface area contributed by atoms with Gasteiger partial charge in [-0.3, -0.25) is 0 Å². The summed E-state index contributed by atoms with van der Waals surface area (Å²) in [4.78, 5) is 2.07. The van der Waals surface area contributed by atoms with E-state index in [4.69, 9.17) is 5.26 Å². The van der Waals surface area contributed by atoms with Gasteiger partial charge in [-0.1, -0.05) is 6.92 Å². The predicted molar refractivity (Wildman–Crippen MR) is 70.5 cm³/mol. The van der Waals surface area contributed by atoms with Crippen molar-refractivity contribution in [2.24, 2.45) is 0 Å². The zero-order valence-electron chi connectivity index (χ0n) is 11.2. The number of hydrogen-bond donors (Lipinski definition) is 1. The summed E-state index contributed by atoms with van der Waals surface area (Å²) >= 11 is 0. The molecular formula is C14H16F3N3. The summed E-state index contributed by atoms with van der Waals surface area (Å²) in [6.07, 6.45) is -3.59. The topological polar surface area (TPSA) is 39.1 Å².